The standard InChI is InChI=1S/C38H40Cl4N8O3/c1-46-25-43-17-33(46)20-48(21-34-22-52-38(53-34,23-50-26-44-24-45-50)35-9-8-31(41)16-36(35)42)32-10-12-47(13-11-32)37(51)49(18-27-4-2-6-29(39)14-27)19-28-5-3-7-30(40)15-28/h2-9,14-17,24-26,32,34H,10-13,18-23H2,1H3/t34-,38-/m1/s1. The number of nitrogens with zero attached hydrogens (tertiary/aromatic N) is 8. The Morgan fingerprint density at radius 3 is 2.19 bits per heavy atom. The maximum atomic E-state index is 14.2. The Morgan fingerprint density at radius 1 is 0.887 bits per heavy atom. The molecule has 0 aliphatic carbocycles. The van der Waals surface area contributed by atoms with Crippen LogP contribution in [0.4, 0.5) is 4.79 Å². The summed E-state index contributed by atoms with van der Waals surface area (Å²) in [5.41, 5.74) is 3.67. The number of imidazole rings is 1. The van der Waals surface area contributed by atoms with E-state index >= 15 is 0 Å². The highest BCUT2D eigenvalue weighted by atomic mass is 35.5. The topological polar surface area (TPSA) is 93.8 Å². The normalized spacial score (nSPS) is 19.3. The fourth-order valence-corrected chi connectivity index (χ4v) is 8.14. The van der Waals surface area contributed by atoms with E-state index in [1.54, 1.807) is 23.1 Å². The molecule has 53 heavy (non-hydrogen) atoms. The minimum absolute atomic E-state index is 0.0214. The minimum atomic E-state index is -1.19. The van der Waals surface area contributed by atoms with E-state index in [0.717, 1.165) is 29.7 Å². The van der Waals surface area contributed by atoms with Gasteiger partial charge in [0.25, 0.3) is 0 Å². The molecule has 278 valence electrons. The second-order valence-corrected chi connectivity index (χ2v) is 15.3. The minimum Gasteiger partial charge on any atom is -0.342 e. The molecule has 0 spiro atoms. The summed E-state index contributed by atoms with van der Waals surface area (Å²) < 4.78 is 17.0. The summed E-state index contributed by atoms with van der Waals surface area (Å²) in [5.74, 6) is -1.19. The quantitative estimate of drug-likeness (QED) is 0.128. The number of piperidine rings is 1. The number of carbonyl (C=O) groups excluding carboxylic acids is 1. The van der Waals surface area contributed by atoms with Gasteiger partial charge in [-0.2, -0.15) is 5.10 Å². The molecule has 2 aliphatic heterocycles. The fourth-order valence-electron chi connectivity index (χ4n) is 7.16. The van der Waals surface area contributed by atoms with Gasteiger partial charge in [-0.25, -0.2) is 19.4 Å². The summed E-state index contributed by atoms with van der Waals surface area (Å²) >= 11 is 25.6. The van der Waals surface area contributed by atoms with Gasteiger partial charge >= 0.3 is 6.03 Å². The molecular formula is C38H40Cl4N8O3. The van der Waals surface area contributed by atoms with Gasteiger partial charge in [0.15, 0.2) is 0 Å². The first-order valence-electron chi connectivity index (χ1n) is 17.5. The van der Waals surface area contributed by atoms with Gasteiger partial charge in [-0.3, -0.25) is 4.90 Å². The highest BCUT2D eigenvalue weighted by Gasteiger charge is 2.46. The number of hydrogen-bond donors (Lipinski definition) is 0. The Morgan fingerprint density at radius 2 is 1.58 bits per heavy atom. The zero-order chi connectivity index (χ0) is 37.0. The molecule has 15 heteroatoms. The number of aryl methyl sites for hydroxylation is 1. The Kier molecular flexibility index (Phi) is 11.9. The van der Waals surface area contributed by atoms with Crippen molar-refractivity contribution in [2.75, 3.05) is 26.2 Å². The van der Waals surface area contributed by atoms with E-state index < -0.39 is 5.79 Å². The maximum Gasteiger partial charge on any atom is 0.320 e. The molecule has 3 aromatic carbocycles. The van der Waals surface area contributed by atoms with Crippen molar-refractivity contribution in [3.63, 3.8) is 0 Å². The van der Waals surface area contributed by atoms with Gasteiger partial charge in [0.1, 0.15) is 19.2 Å². The van der Waals surface area contributed by atoms with Gasteiger partial charge < -0.3 is 23.8 Å². The van der Waals surface area contributed by atoms with Gasteiger partial charge in [0, 0.05) is 79.2 Å². The van der Waals surface area contributed by atoms with Crippen LogP contribution < -0.4 is 0 Å². The first-order chi connectivity index (χ1) is 25.6. The average Bonchev–Trinajstić information content (AvgIpc) is 3.90. The number of halogens is 4. The molecule has 7 rings (SSSR count). The van der Waals surface area contributed by atoms with Crippen LogP contribution in [0.1, 0.15) is 35.2 Å². The molecule has 2 aromatic heterocycles. The predicted molar refractivity (Wildman–Crippen MR) is 205 cm³/mol. The SMILES string of the molecule is Cn1cncc1CN(C[C@@H]1CO[C@@](Cn2cncn2)(c2ccc(Cl)cc2Cl)O1)C1CCN(C(=O)N(Cc2cccc(Cl)c2)Cc2cccc(Cl)c2)CC1. The first kappa shape index (κ1) is 37.6. The number of hydrogen-bond acceptors (Lipinski definition) is 7. The zero-order valence-electron chi connectivity index (χ0n) is 29.2. The smallest absolute Gasteiger partial charge is 0.320 e. The van der Waals surface area contributed by atoms with Crippen molar-refractivity contribution < 1.29 is 14.3 Å². The van der Waals surface area contributed by atoms with Crippen LogP contribution in [0.15, 0.2) is 91.9 Å². The van der Waals surface area contributed by atoms with Crippen molar-refractivity contribution in [1.29, 1.82) is 0 Å². The lowest BCUT2D eigenvalue weighted by Crippen LogP contribution is -2.51. The summed E-state index contributed by atoms with van der Waals surface area (Å²) in [7, 11) is 2.00. The van der Waals surface area contributed by atoms with Gasteiger partial charge in [0.2, 0.25) is 5.79 Å². The van der Waals surface area contributed by atoms with Gasteiger partial charge in [-0.15, -0.1) is 0 Å². The molecule has 11 nitrogen and oxygen atoms in total. The molecule has 5 aromatic rings. The highest BCUT2D eigenvalue weighted by Crippen LogP contribution is 2.41. The van der Waals surface area contributed by atoms with Crippen LogP contribution in [-0.4, -0.2) is 83.4 Å². The van der Waals surface area contributed by atoms with E-state index in [9.17, 15) is 4.79 Å². The number of ether oxygens (including phenoxy) is 2. The van der Waals surface area contributed by atoms with Crippen molar-refractivity contribution in [2.45, 2.75) is 57.0 Å². The molecule has 4 heterocycles. The first-order valence-corrected chi connectivity index (χ1v) is 19.0. The summed E-state index contributed by atoms with van der Waals surface area (Å²) in [5, 5.41) is 6.55. The summed E-state index contributed by atoms with van der Waals surface area (Å²) in [4.78, 5) is 28.9. The molecule has 2 aliphatic rings. The summed E-state index contributed by atoms with van der Waals surface area (Å²) in [6.07, 6.45) is 8.08. The number of carbonyl (C=O) groups is 1. The lowest BCUT2D eigenvalue weighted by atomic mass is 10.0. The van der Waals surface area contributed by atoms with E-state index in [1.807, 2.05) is 88.5 Å². The molecule has 2 amide bonds. The zero-order valence-corrected chi connectivity index (χ0v) is 32.2. The average molecular weight is 799 g/mol. The van der Waals surface area contributed by atoms with Crippen molar-refractivity contribution in [2.24, 2.45) is 7.05 Å². The van der Waals surface area contributed by atoms with Crippen LogP contribution in [0.2, 0.25) is 20.1 Å². The largest absolute Gasteiger partial charge is 0.342 e. The Hall–Kier alpha value is -3.68. The molecule has 0 bridgehead atoms. The van der Waals surface area contributed by atoms with Crippen LogP contribution in [0.5, 0.6) is 0 Å². The van der Waals surface area contributed by atoms with Gasteiger partial charge in [-0.1, -0.05) is 76.7 Å². The van der Waals surface area contributed by atoms with Gasteiger partial charge in [-0.05, 0) is 60.4 Å². The van der Waals surface area contributed by atoms with Crippen LogP contribution in [0.3, 0.4) is 0 Å². The third-order valence-corrected chi connectivity index (χ3v) is 10.8. The van der Waals surface area contributed by atoms with E-state index in [4.69, 9.17) is 55.9 Å². The van der Waals surface area contributed by atoms with E-state index in [0.29, 0.717) is 71.5 Å². The third-order valence-electron chi connectivity index (χ3n) is 9.80. The van der Waals surface area contributed by atoms with Crippen molar-refractivity contribution in [1.82, 2.24) is 39.0 Å². The number of urea groups is 1. The molecule has 0 N–H and O–H groups in total. The van der Waals surface area contributed by atoms with Gasteiger partial charge in [0.05, 0.1) is 29.8 Å². The summed E-state index contributed by atoms with van der Waals surface area (Å²) in [6.45, 7) is 3.89. The summed E-state index contributed by atoms with van der Waals surface area (Å²) in [6, 6.07) is 20.7. The van der Waals surface area contributed by atoms with Crippen molar-refractivity contribution in [3.05, 3.63) is 134 Å². The molecule has 2 saturated heterocycles. The maximum absolute atomic E-state index is 14.2. The molecule has 2 fully saturated rings. The number of aromatic nitrogens is 5. The molecular weight excluding hydrogens is 758 g/mol. The third kappa shape index (κ3) is 9.17. The van der Waals surface area contributed by atoms with Crippen LogP contribution in [-0.2, 0) is 48.5 Å². The molecule has 0 saturated carbocycles. The predicted octanol–water partition coefficient (Wildman–Crippen LogP) is 7.68. The molecule has 0 unspecified atom stereocenters. The number of likely N-dealkylation sites (tertiary alicyclic amines) is 1. The second kappa shape index (κ2) is 16.8. The van der Waals surface area contributed by atoms with Crippen LogP contribution in [0, 0.1) is 0 Å². The van der Waals surface area contributed by atoms with E-state index in [-0.39, 0.29) is 24.7 Å². The van der Waals surface area contributed by atoms with Crippen molar-refractivity contribution in [3.8, 4) is 0 Å². The lowest BCUT2D eigenvalue weighted by Gasteiger charge is -2.41. The number of benzene rings is 3. The Labute approximate surface area is 328 Å². The number of amides is 2. The van der Waals surface area contributed by atoms with Crippen LogP contribution >= 0.6 is 46.4 Å². The number of rotatable bonds is 12. The Balaban J connectivity index is 1.07. The lowest BCUT2D eigenvalue weighted by molar-refractivity contribution is -0.190. The molecule has 2 atom stereocenters. The highest BCUT2D eigenvalue weighted by molar-refractivity contribution is 6.35. The Bertz CT molecular complexity index is 1960. The van der Waals surface area contributed by atoms with E-state index in [1.165, 1.54) is 6.33 Å². The molecule has 0 radical (unpaired) electrons. The van der Waals surface area contributed by atoms with Crippen molar-refractivity contribution >= 4 is 52.4 Å². The fraction of sp³-hybridized carbons (Fsp3) is 0.368. The van der Waals surface area contributed by atoms with Crippen LogP contribution in [0.25, 0.3) is 0 Å². The monoisotopic (exact) mass is 796 g/mol. The van der Waals surface area contributed by atoms with E-state index in [2.05, 4.69) is 20.0 Å². The second-order valence-electron chi connectivity index (χ2n) is 13.6.